The fraction of sp³-hybridized carbons (Fsp3) is 0.294. The molecule has 0 aliphatic rings. The van der Waals surface area contributed by atoms with Crippen LogP contribution in [0, 0.1) is 18.3 Å². The Morgan fingerprint density at radius 3 is 2.83 bits per heavy atom. The number of benzene rings is 1. The molecule has 2 aromatic rings. The molecule has 0 saturated carbocycles. The molecule has 2 N–H and O–H groups in total. The van der Waals surface area contributed by atoms with Crippen LogP contribution in [-0.2, 0) is 0 Å². The first-order valence-corrected chi connectivity index (χ1v) is 7.54. The number of nitrogens with one attached hydrogen (secondary N) is 2. The van der Waals surface area contributed by atoms with Gasteiger partial charge < -0.3 is 10.6 Å². The van der Waals surface area contributed by atoms with Gasteiger partial charge in [-0.2, -0.15) is 5.26 Å². The first-order chi connectivity index (χ1) is 11.1. The zero-order valence-corrected chi connectivity index (χ0v) is 13.3. The maximum atomic E-state index is 12.1. The molecular weight excluding hydrogens is 290 g/mol. The molecule has 0 saturated heterocycles. The number of carbonyl (C=O) groups excluding carboxylic acids is 1. The lowest BCUT2D eigenvalue weighted by atomic mass is 10.2. The van der Waals surface area contributed by atoms with E-state index in [0.29, 0.717) is 35.1 Å². The number of nitrogens with zero attached hydrogens (tertiary/aromatic N) is 3. The number of para-hydroxylation sites is 1. The smallest absolute Gasteiger partial charge is 0.270 e. The summed E-state index contributed by atoms with van der Waals surface area (Å²) in [6.45, 7) is 4.49. The third-order valence-electron chi connectivity index (χ3n) is 3.20. The molecule has 118 valence electrons. The lowest BCUT2D eigenvalue weighted by molar-refractivity contribution is 0.0948. The van der Waals surface area contributed by atoms with E-state index < -0.39 is 0 Å². The number of nitriles is 1. The van der Waals surface area contributed by atoms with E-state index in [1.54, 1.807) is 31.2 Å². The highest BCUT2D eigenvalue weighted by molar-refractivity contribution is 5.92. The molecule has 1 amide bonds. The zero-order chi connectivity index (χ0) is 16.7. The SMILES string of the molecule is CCCCNC(=O)c1cc(C)nc(Nc2ccccc2C#N)n1. The number of aryl methyl sites for hydroxylation is 1. The number of amides is 1. The number of hydrogen-bond acceptors (Lipinski definition) is 5. The molecule has 2 rings (SSSR count). The molecular formula is C17H19N5O. The summed E-state index contributed by atoms with van der Waals surface area (Å²) in [7, 11) is 0. The average molecular weight is 309 g/mol. The highest BCUT2D eigenvalue weighted by Crippen LogP contribution is 2.18. The van der Waals surface area contributed by atoms with Gasteiger partial charge in [-0.15, -0.1) is 0 Å². The van der Waals surface area contributed by atoms with E-state index in [1.807, 2.05) is 6.07 Å². The van der Waals surface area contributed by atoms with Gasteiger partial charge in [0, 0.05) is 12.2 Å². The van der Waals surface area contributed by atoms with Crippen molar-refractivity contribution in [2.45, 2.75) is 26.7 Å². The Bertz CT molecular complexity index is 736. The van der Waals surface area contributed by atoms with Crippen LogP contribution >= 0.6 is 0 Å². The molecule has 1 heterocycles. The van der Waals surface area contributed by atoms with Crippen LogP contribution in [0.2, 0.25) is 0 Å². The van der Waals surface area contributed by atoms with Crippen LogP contribution in [0.4, 0.5) is 11.6 Å². The molecule has 0 radical (unpaired) electrons. The van der Waals surface area contributed by atoms with Crippen LogP contribution < -0.4 is 10.6 Å². The van der Waals surface area contributed by atoms with Crippen LogP contribution in [0.5, 0.6) is 0 Å². The molecule has 6 heteroatoms. The summed E-state index contributed by atoms with van der Waals surface area (Å²) in [6, 6.07) is 10.8. The molecule has 1 aromatic carbocycles. The van der Waals surface area contributed by atoms with Gasteiger partial charge in [-0.1, -0.05) is 25.5 Å². The summed E-state index contributed by atoms with van der Waals surface area (Å²) in [5, 5.41) is 15.0. The second-order valence-corrected chi connectivity index (χ2v) is 5.11. The van der Waals surface area contributed by atoms with Crippen molar-refractivity contribution in [3.8, 4) is 6.07 Å². The van der Waals surface area contributed by atoms with Gasteiger partial charge in [0.15, 0.2) is 0 Å². The quantitative estimate of drug-likeness (QED) is 0.801. The van der Waals surface area contributed by atoms with Crippen molar-refractivity contribution in [2.24, 2.45) is 0 Å². The van der Waals surface area contributed by atoms with Crippen molar-refractivity contribution in [1.82, 2.24) is 15.3 Å². The maximum Gasteiger partial charge on any atom is 0.270 e. The van der Waals surface area contributed by atoms with Crippen molar-refractivity contribution >= 4 is 17.5 Å². The number of anilines is 2. The number of hydrogen-bond donors (Lipinski definition) is 2. The fourth-order valence-electron chi connectivity index (χ4n) is 2.02. The van der Waals surface area contributed by atoms with E-state index in [4.69, 9.17) is 5.26 Å². The average Bonchev–Trinajstić information content (AvgIpc) is 2.55. The van der Waals surface area contributed by atoms with E-state index in [2.05, 4.69) is 33.6 Å². The molecule has 6 nitrogen and oxygen atoms in total. The van der Waals surface area contributed by atoms with Crippen molar-refractivity contribution in [1.29, 1.82) is 5.26 Å². The molecule has 0 aliphatic carbocycles. The largest absolute Gasteiger partial charge is 0.351 e. The van der Waals surface area contributed by atoms with Gasteiger partial charge in [0.1, 0.15) is 11.8 Å². The first kappa shape index (κ1) is 16.4. The van der Waals surface area contributed by atoms with Crippen molar-refractivity contribution in [3.63, 3.8) is 0 Å². The predicted octanol–water partition coefficient (Wildman–Crippen LogP) is 2.93. The van der Waals surface area contributed by atoms with Crippen LogP contribution in [0.15, 0.2) is 30.3 Å². The zero-order valence-electron chi connectivity index (χ0n) is 13.3. The second kappa shape index (κ2) is 7.90. The van der Waals surface area contributed by atoms with Crippen molar-refractivity contribution in [2.75, 3.05) is 11.9 Å². The van der Waals surface area contributed by atoms with Crippen LogP contribution in [0.25, 0.3) is 0 Å². The summed E-state index contributed by atoms with van der Waals surface area (Å²) in [5.41, 5.74) is 2.09. The molecule has 23 heavy (non-hydrogen) atoms. The molecule has 0 bridgehead atoms. The molecule has 0 spiro atoms. The molecule has 0 aliphatic heterocycles. The summed E-state index contributed by atoms with van der Waals surface area (Å²) < 4.78 is 0. The Morgan fingerprint density at radius 2 is 2.09 bits per heavy atom. The lowest BCUT2D eigenvalue weighted by Gasteiger charge is -2.09. The van der Waals surface area contributed by atoms with E-state index >= 15 is 0 Å². The van der Waals surface area contributed by atoms with Gasteiger partial charge in [0.2, 0.25) is 5.95 Å². The Kier molecular flexibility index (Phi) is 5.64. The van der Waals surface area contributed by atoms with Crippen LogP contribution in [0.3, 0.4) is 0 Å². The second-order valence-electron chi connectivity index (χ2n) is 5.11. The van der Waals surface area contributed by atoms with Gasteiger partial charge in [-0.05, 0) is 31.5 Å². The number of rotatable bonds is 6. The Balaban J connectivity index is 2.20. The van der Waals surface area contributed by atoms with E-state index in [1.165, 1.54) is 0 Å². The van der Waals surface area contributed by atoms with Crippen molar-refractivity contribution < 1.29 is 4.79 Å². The molecule has 0 fully saturated rings. The number of carbonyl (C=O) groups is 1. The van der Waals surface area contributed by atoms with E-state index in [-0.39, 0.29) is 5.91 Å². The lowest BCUT2D eigenvalue weighted by Crippen LogP contribution is -2.25. The predicted molar refractivity (Wildman–Crippen MR) is 88.4 cm³/mol. The number of unbranched alkanes of at least 4 members (excludes halogenated alkanes) is 1. The Labute approximate surface area is 135 Å². The highest BCUT2D eigenvalue weighted by atomic mass is 16.1. The Hall–Kier alpha value is -2.94. The van der Waals surface area contributed by atoms with E-state index in [0.717, 1.165) is 12.8 Å². The molecule has 0 atom stereocenters. The summed E-state index contributed by atoms with van der Waals surface area (Å²) in [6.07, 6.45) is 1.94. The standard InChI is InChI=1S/C17H19N5O/c1-3-4-9-19-16(23)15-10-12(2)20-17(22-15)21-14-8-6-5-7-13(14)11-18/h5-8,10H,3-4,9H2,1-2H3,(H,19,23)(H,20,21,22). The third-order valence-corrected chi connectivity index (χ3v) is 3.20. The van der Waals surface area contributed by atoms with Gasteiger partial charge >= 0.3 is 0 Å². The minimum absolute atomic E-state index is 0.222. The van der Waals surface area contributed by atoms with E-state index in [9.17, 15) is 4.79 Å². The van der Waals surface area contributed by atoms with Gasteiger partial charge in [0.05, 0.1) is 11.3 Å². The van der Waals surface area contributed by atoms with Gasteiger partial charge in [0.25, 0.3) is 5.91 Å². The minimum atomic E-state index is -0.222. The summed E-state index contributed by atoms with van der Waals surface area (Å²) >= 11 is 0. The summed E-state index contributed by atoms with van der Waals surface area (Å²) in [4.78, 5) is 20.6. The Morgan fingerprint density at radius 1 is 1.30 bits per heavy atom. The number of aromatic nitrogens is 2. The fourth-order valence-corrected chi connectivity index (χ4v) is 2.02. The normalized spacial score (nSPS) is 9.96. The van der Waals surface area contributed by atoms with Gasteiger partial charge in [-0.3, -0.25) is 4.79 Å². The monoisotopic (exact) mass is 309 g/mol. The highest BCUT2D eigenvalue weighted by Gasteiger charge is 2.11. The van der Waals surface area contributed by atoms with Crippen LogP contribution in [-0.4, -0.2) is 22.4 Å². The van der Waals surface area contributed by atoms with Crippen LogP contribution in [0.1, 0.15) is 41.5 Å². The summed E-state index contributed by atoms with van der Waals surface area (Å²) in [5.74, 6) is 0.0777. The van der Waals surface area contributed by atoms with Crippen molar-refractivity contribution in [3.05, 3.63) is 47.3 Å². The minimum Gasteiger partial charge on any atom is -0.351 e. The van der Waals surface area contributed by atoms with Gasteiger partial charge in [-0.25, -0.2) is 9.97 Å². The first-order valence-electron chi connectivity index (χ1n) is 7.54. The molecule has 1 aromatic heterocycles. The maximum absolute atomic E-state index is 12.1. The topological polar surface area (TPSA) is 90.7 Å². The third kappa shape index (κ3) is 4.51. The molecule has 0 unspecified atom stereocenters.